The van der Waals surface area contributed by atoms with Gasteiger partial charge in [0, 0.05) is 18.4 Å². The van der Waals surface area contributed by atoms with Gasteiger partial charge in [-0.05, 0) is 0 Å². The normalized spacial score (nSPS) is 11.1. The van der Waals surface area contributed by atoms with E-state index in [1.807, 2.05) is 0 Å². The largest absolute Gasteiger partial charge is 0.495 e. The van der Waals surface area contributed by atoms with Crippen LogP contribution in [0.2, 0.25) is 0 Å². The Bertz CT molecular complexity index is 467. The van der Waals surface area contributed by atoms with Gasteiger partial charge in [-0.1, -0.05) is 0 Å². The van der Waals surface area contributed by atoms with Gasteiger partial charge in [0.1, 0.15) is 16.4 Å². The molecule has 0 amide bonds. The van der Waals surface area contributed by atoms with Crippen LogP contribution in [0.15, 0.2) is 17.0 Å². The van der Waals surface area contributed by atoms with Crippen LogP contribution in [-0.2, 0) is 9.84 Å². The van der Waals surface area contributed by atoms with Crippen molar-refractivity contribution in [2.45, 2.75) is 4.90 Å². The number of hydrogen-bond acceptors (Lipinski definition) is 5. The van der Waals surface area contributed by atoms with Gasteiger partial charge in [0.05, 0.1) is 19.9 Å². The molecule has 0 aliphatic heterocycles. The van der Waals surface area contributed by atoms with Crippen LogP contribution in [0.1, 0.15) is 0 Å². The van der Waals surface area contributed by atoms with Crippen molar-refractivity contribution in [2.24, 2.45) is 0 Å². The Hall–Kier alpha value is -1.43. The van der Waals surface area contributed by atoms with E-state index < -0.39 is 9.84 Å². The number of benzene rings is 1. The van der Waals surface area contributed by atoms with Gasteiger partial charge in [0.2, 0.25) is 0 Å². The van der Waals surface area contributed by atoms with Crippen molar-refractivity contribution in [3.8, 4) is 11.5 Å². The van der Waals surface area contributed by atoms with Crippen molar-refractivity contribution in [1.82, 2.24) is 0 Å². The van der Waals surface area contributed by atoms with Crippen LogP contribution in [0.5, 0.6) is 11.5 Å². The van der Waals surface area contributed by atoms with Crippen LogP contribution in [-0.4, -0.2) is 28.9 Å². The zero-order valence-electron chi connectivity index (χ0n) is 8.77. The van der Waals surface area contributed by atoms with Crippen molar-refractivity contribution in [3.63, 3.8) is 0 Å². The van der Waals surface area contributed by atoms with Crippen LogP contribution in [0.25, 0.3) is 0 Å². The predicted octanol–water partition coefficient (Wildman–Crippen LogP) is 0.690. The Labute approximate surface area is 88.7 Å². The molecule has 0 spiro atoms. The fraction of sp³-hybridized carbons (Fsp3) is 0.333. The Kier molecular flexibility index (Phi) is 3.09. The molecule has 84 valence electrons. The SMILES string of the molecule is COc1cc(S(C)(=O)=O)c(OC)cc1N. The minimum Gasteiger partial charge on any atom is -0.495 e. The lowest BCUT2D eigenvalue weighted by Gasteiger charge is -2.11. The average molecular weight is 231 g/mol. The molecule has 1 aromatic carbocycles. The number of nitrogen functional groups attached to an aromatic ring is 1. The Balaban J connectivity index is 3.49. The number of ether oxygens (including phenoxy) is 2. The smallest absolute Gasteiger partial charge is 0.179 e. The van der Waals surface area contributed by atoms with E-state index in [-0.39, 0.29) is 10.6 Å². The molecular weight excluding hydrogens is 218 g/mol. The second-order valence-electron chi connectivity index (χ2n) is 3.02. The topological polar surface area (TPSA) is 78.6 Å². The second-order valence-corrected chi connectivity index (χ2v) is 5.00. The number of rotatable bonds is 3. The fourth-order valence-corrected chi connectivity index (χ4v) is 2.01. The summed E-state index contributed by atoms with van der Waals surface area (Å²) in [7, 11) is -0.550. The predicted molar refractivity (Wildman–Crippen MR) is 57.1 cm³/mol. The molecular formula is C9H13NO4S. The number of methoxy groups -OCH3 is 2. The standard InChI is InChI=1S/C9H13NO4S/c1-13-7-5-9(15(3,11)12)8(14-2)4-6(7)10/h4-5H,10H2,1-3H3. The fourth-order valence-electron chi connectivity index (χ4n) is 1.18. The van der Waals surface area contributed by atoms with Crippen LogP contribution in [0, 0.1) is 0 Å². The van der Waals surface area contributed by atoms with Crippen LogP contribution in [0.3, 0.4) is 0 Å². The maximum atomic E-state index is 11.4. The maximum absolute atomic E-state index is 11.4. The summed E-state index contributed by atoms with van der Waals surface area (Å²) in [6.45, 7) is 0. The van der Waals surface area contributed by atoms with Gasteiger partial charge in [-0.3, -0.25) is 0 Å². The summed E-state index contributed by atoms with van der Waals surface area (Å²) >= 11 is 0. The summed E-state index contributed by atoms with van der Waals surface area (Å²) < 4.78 is 32.7. The number of sulfone groups is 1. The molecule has 5 nitrogen and oxygen atoms in total. The molecule has 1 aromatic rings. The molecule has 0 aliphatic carbocycles. The Morgan fingerprint density at radius 3 is 2.07 bits per heavy atom. The maximum Gasteiger partial charge on any atom is 0.179 e. The number of nitrogens with two attached hydrogens (primary N) is 1. The van der Waals surface area contributed by atoms with E-state index in [4.69, 9.17) is 15.2 Å². The first kappa shape index (κ1) is 11.6. The lowest BCUT2D eigenvalue weighted by atomic mass is 10.3. The zero-order chi connectivity index (χ0) is 11.6. The first-order valence-electron chi connectivity index (χ1n) is 4.11. The third kappa shape index (κ3) is 2.33. The van der Waals surface area contributed by atoms with E-state index in [0.717, 1.165) is 6.26 Å². The quantitative estimate of drug-likeness (QED) is 0.774. The summed E-state index contributed by atoms with van der Waals surface area (Å²) in [4.78, 5) is 0.0658. The summed E-state index contributed by atoms with van der Waals surface area (Å²) in [5, 5.41) is 0. The van der Waals surface area contributed by atoms with Gasteiger partial charge in [-0.25, -0.2) is 8.42 Å². The van der Waals surface area contributed by atoms with Crippen molar-refractivity contribution < 1.29 is 17.9 Å². The van der Waals surface area contributed by atoms with Gasteiger partial charge < -0.3 is 15.2 Å². The van der Waals surface area contributed by atoms with Crippen molar-refractivity contribution >= 4 is 15.5 Å². The number of anilines is 1. The monoisotopic (exact) mass is 231 g/mol. The van der Waals surface area contributed by atoms with E-state index >= 15 is 0 Å². The molecule has 0 fully saturated rings. The van der Waals surface area contributed by atoms with Gasteiger partial charge in [0.25, 0.3) is 0 Å². The van der Waals surface area contributed by atoms with E-state index in [1.165, 1.54) is 26.4 Å². The summed E-state index contributed by atoms with van der Waals surface area (Å²) in [5.74, 6) is 0.534. The number of hydrogen-bond donors (Lipinski definition) is 1. The van der Waals surface area contributed by atoms with E-state index in [9.17, 15) is 8.42 Å². The molecule has 0 bridgehead atoms. The molecule has 0 saturated carbocycles. The molecule has 0 unspecified atom stereocenters. The molecule has 0 radical (unpaired) electrons. The summed E-state index contributed by atoms with van der Waals surface area (Å²) in [5.41, 5.74) is 5.95. The minimum absolute atomic E-state index is 0.0658. The first-order chi connectivity index (χ1) is 6.90. The van der Waals surface area contributed by atoms with Crippen LogP contribution < -0.4 is 15.2 Å². The summed E-state index contributed by atoms with van der Waals surface area (Å²) in [6.07, 6.45) is 1.10. The van der Waals surface area contributed by atoms with Crippen molar-refractivity contribution in [3.05, 3.63) is 12.1 Å². The Morgan fingerprint density at radius 1 is 1.13 bits per heavy atom. The van der Waals surface area contributed by atoms with E-state index in [0.29, 0.717) is 11.4 Å². The molecule has 1 rings (SSSR count). The highest BCUT2D eigenvalue weighted by molar-refractivity contribution is 7.90. The third-order valence-electron chi connectivity index (χ3n) is 1.92. The van der Waals surface area contributed by atoms with Gasteiger partial charge >= 0.3 is 0 Å². The second kappa shape index (κ2) is 3.98. The molecule has 0 heterocycles. The Morgan fingerprint density at radius 2 is 1.67 bits per heavy atom. The molecule has 2 N–H and O–H groups in total. The van der Waals surface area contributed by atoms with Crippen LogP contribution >= 0.6 is 0 Å². The minimum atomic E-state index is -3.36. The first-order valence-corrected chi connectivity index (χ1v) is 6.01. The highest BCUT2D eigenvalue weighted by atomic mass is 32.2. The zero-order valence-corrected chi connectivity index (χ0v) is 9.59. The van der Waals surface area contributed by atoms with E-state index in [1.54, 1.807) is 0 Å². The molecule has 0 aliphatic rings. The molecule has 6 heteroatoms. The summed E-state index contributed by atoms with van der Waals surface area (Å²) in [6, 6.07) is 2.78. The lowest BCUT2D eigenvalue weighted by molar-refractivity contribution is 0.394. The third-order valence-corrected chi connectivity index (χ3v) is 3.03. The van der Waals surface area contributed by atoms with Gasteiger partial charge in [-0.2, -0.15) is 0 Å². The van der Waals surface area contributed by atoms with Gasteiger partial charge in [0.15, 0.2) is 9.84 Å². The van der Waals surface area contributed by atoms with Gasteiger partial charge in [-0.15, -0.1) is 0 Å². The van der Waals surface area contributed by atoms with Crippen molar-refractivity contribution in [1.29, 1.82) is 0 Å². The van der Waals surface area contributed by atoms with Crippen molar-refractivity contribution in [2.75, 3.05) is 26.2 Å². The molecule has 0 atom stereocenters. The highest BCUT2D eigenvalue weighted by Gasteiger charge is 2.17. The van der Waals surface area contributed by atoms with E-state index in [2.05, 4.69) is 0 Å². The average Bonchev–Trinajstić information content (AvgIpc) is 2.15. The lowest BCUT2D eigenvalue weighted by Crippen LogP contribution is -2.03. The van der Waals surface area contributed by atoms with Crippen LogP contribution in [0.4, 0.5) is 5.69 Å². The molecule has 0 saturated heterocycles. The molecule has 15 heavy (non-hydrogen) atoms. The molecule has 0 aromatic heterocycles. The highest BCUT2D eigenvalue weighted by Crippen LogP contribution is 2.33.